The third-order valence-electron chi connectivity index (χ3n) is 3.24. The SMILES string of the molecule is CCNC(=NCc1nc(C(C)C)cs1)NCCOc1ncccc1Cl. The van der Waals surface area contributed by atoms with Crippen molar-refractivity contribution in [2.24, 2.45) is 4.99 Å². The third kappa shape index (κ3) is 6.51. The van der Waals surface area contributed by atoms with E-state index in [1.54, 1.807) is 29.7 Å². The molecule has 2 rings (SSSR count). The number of halogens is 1. The summed E-state index contributed by atoms with van der Waals surface area (Å²) in [5.74, 6) is 1.62. The molecular formula is C17H24ClN5OS. The number of guanidine groups is 1. The van der Waals surface area contributed by atoms with E-state index in [4.69, 9.17) is 16.3 Å². The molecule has 8 heteroatoms. The standard InChI is InChI=1S/C17H24ClN5OS/c1-4-19-17(22-10-15-23-14(11-25-15)12(2)3)21-8-9-24-16-13(18)6-5-7-20-16/h5-7,11-12H,4,8-10H2,1-3H3,(H2,19,21,22). The van der Waals surface area contributed by atoms with Crippen LogP contribution in [0.1, 0.15) is 37.4 Å². The van der Waals surface area contributed by atoms with Gasteiger partial charge < -0.3 is 15.4 Å². The number of aromatic nitrogens is 2. The molecule has 0 radical (unpaired) electrons. The molecule has 6 nitrogen and oxygen atoms in total. The molecule has 2 aromatic rings. The zero-order valence-corrected chi connectivity index (χ0v) is 16.3. The molecule has 0 saturated heterocycles. The minimum absolute atomic E-state index is 0.440. The van der Waals surface area contributed by atoms with Crippen LogP contribution in [-0.2, 0) is 6.54 Å². The lowest BCUT2D eigenvalue weighted by atomic mass is 10.2. The summed E-state index contributed by atoms with van der Waals surface area (Å²) in [6, 6.07) is 3.52. The van der Waals surface area contributed by atoms with Gasteiger partial charge in [-0.15, -0.1) is 11.3 Å². The first-order valence-electron chi connectivity index (χ1n) is 8.30. The highest BCUT2D eigenvalue weighted by molar-refractivity contribution is 7.09. The average Bonchev–Trinajstić information content (AvgIpc) is 3.07. The first-order valence-corrected chi connectivity index (χ1v) is 9.55. The Labute approximate surface area is 157 Å². The predicted octanol–water partition coefficient (Wildman–Crippen LogP) is 3.45. The van der Waals surface area contributed by atoms with Crippen LogP contribution in [0.15, 0.2) is 28.7 Å². The van der Waals surface area contributed by atoms with Gasteiger partial charge in [0, 0.05) is 18.1 Å². The van der Waals surface area contributed by atoms with E-state index in [0.717, 1.165) is 23.2 Å². The van der Waals surface area contributed by atoms with Crippen molar-refractivity contribution in [3.05, 3.63) is 39.4 Å². The molecule has 0 unspecified atom stereocenters. The minimum Gasteiger partial charge on any atom is -0.475 e. The van der Waals surface area contributed by atoms with Crippen LogP contribution >= 0.6 is 22.9 Å². The van der Waals surface area contributed by atoms with E-state index in [2.05, 4.69) is 44.8 Å². The number of hydrogen-bond acceptors (Lipinski definition) is 5. The van der Waals surface area contributed by atoms with Crippen molar-refractivity contribution in [1.29, 1.82) is 0 Å². The molecular weight excluding hydrogens is 358 g/mol. The molecule has 0 fully saturated rings. The summed E-state index contributed by atoms with van der Waals surface area (Å²) in [7, 11) is 0. The van der Waals surface area contributed by atoms with Gasteiger partial charge in [-0.2, -0.15) is 0 Å². The molecule has 0 amide bonds. The van der Waals surface area contributed by atoms with Crippen molar-refractivity contribution < 1.29 is 4.74 Å². The largest absolute Gasteiger partial charge is 0.475 e. The Balaban J connectivity index is 1.81. The van der Waals surface area contributed by atoms with Gasteiger partial charge in [-0.05, 0) is 25.0 Å². The van der Waals surface area contributed by atoms with Crippen LogP contribution in [0.3, 0.4) is 0 Å². The zero-order chi connectivity index (χ0) is 18.1. The van der Waals surface area contributed by atoms with Gasteiger partial charge in [-0.3, -0.25) is 0 Å². The lowest BCUT2D eigenvalue weighted by Gasteiger charge is -2.11. The minimum atomic E-state index is 0.440. The Morgan fingerprint density at radius 3 is 2.92 bits per heavy atom. The zero-order valence-electron chi connectivity index (χ0n) is 14.8. The lowest BCUT2D eigenvalue weighted by Crippen LogP contribution is -2.39. The Hall–Kier alpha value is -1.86. The Morgan fingerprint density at radius 2 is 2.24 bits per heavy atom. The fourth-order valence-corrected chi connectivity index (χ4v) is 3.00. The summed E-state index contributed by atoms with van der Waals surface area (Å²) in [6.45, 7) is 8.68. The second kappa shape index (κ2) is 10.2. The molecule has 25 heavy (non-hydrogen) atoms. The Bertz CT molecular complexity index is 689. The monoisotopic (exact) mass is 381 g/mol. The first-order chi connectivity index (χ1) is 12.1. The highest BCUT2D eigenvalue weighted by atomic mass is 35.5. The number of nitrogens with zero attached hydrogens (tertiary/aromatic N) is 3. The van der Waals surface area contributed by atoms with Crippen LogP contribution in [0.5, 0.6) is 5.88 Å². The molecule has 0 bridgehead atoms. The van der Waals surface area contributed by atoms with Gasteiger partial charge in [0.2, 0.25) is 5.88 Å². The van der Waals surface area contributed by atoms with Crippen molar-refractivity contribution >= 4 is 28.9 Å². The third-order valence-corrected chi connectivity index (χ3v) is 4.38. The van der Waals surface area contributed by atoms with E-state index in [-0.39, 0.29) is 0 Å². The summed E-state index contributed by atoms with van der Waals surface area (Å²) in [5, 5.41) is 10.1. The summed E-state index contributed by atoms with van der Waals surface area (Å²) in [5.41, 5.74) is 1.12. The number of rotatable bonds is 8. The molecule has 0 saturated carbocycles. The summed E-state index contributed by atoms with van der Waals surface area (Å²) < 4.78 is 5.56. The van der Waals surface area contributed by atoms with Crippen molar-refractivity contribution in [1.82, 2.24) is 20.6 Å². The summed E-state index contributed by atoms with van der Waals surface area (Å²) >= 11 is 7.65. The smallest absolute Gasteiger partial charge is 0.232 e. The Morgan fingerprint density at radius 1 is 1.40 bits per heavy atom. The number of thiazole rings is 1. The fourth-order valence-electron chi connectivity index (χ4n) is 1.95. The van der Waals surface area contributed by atoms with Crippen molar-refractivity contribution in [3.63, 3.8) is 0 Å². The lowest BCUT2D eigenvalue weighted by molar-refractivity contribution is 0.310. The molecule has 0 aromatic carbocycles. The van der Waals surface area contributed by atoms with E-state index in [0.29, 0.717) is 36.5 Å². The van der Waals surface area contributed by atoms with E-state index < -0.39 is 0 Å². The number of ether oxygens (including phenoxy) is 1. The van der Waals surface area contributed by atoms with Gasteiger partial charge in [0.05, 0.1) is 18.8 Å². The molecule has 2 heterocycles. The van der Waals surface area contributed by atoms with Crippen molar-refractivity contribution in [3.8, 4) is 5.88 Å². The van der Waals surface area contributed by atoms with Gasteiger partial charge in [-0.1, -0.05) is 25.4 Å². The number of aliphatic imine (C=N–C) groups is 1. The van der Waals surface area contributed by atoms with Crippen LogP contribution in [0.2, 0.25) is 5.02 Å². The van der Waals surface area contributed by atoms with Crippen molar-refractivity contribution in [2.75, 3.05) is 19.7 Å². The highest BCUT2D eigenvalue weighted by Crippen LogP contribution is 2.19. The number of hydrogen-bond donors (Lipinski definition) is 2. The maximum atomic E-state index is 6.01. The first kappa shape index (κ1) is 19.5. The molecule has 2 N–H and O–H groups in total. The summed E-state index contributed by atoms with van der Waals surface area (Å²) in [4.78, 5) is 13.2. The maximum Gasteiger partial charge on any atom is 0.232 e. The quantitative estimate of drug-likeness (QED) is 0.416. The second-order valence-corrected chi connectivity index (χ2v) is 6.93. The second-order valence-electron chi connectivity index (χ2n) is 5.58. The maximum absolute atomic E-state index is 6.01. The van der Waals surface area contributed by atoms with E-state index in [1.807, 2.05) is 6.92 Å². The van der Waals surface area contributed by atoms with Gasteiger partial charge in [0.15, 0.2) is 5.96 Å². The molecule has 0 aliphatic carbocycles. The van der Waals surface area contributed by atoms with Crippen LogP contribution < -0.4 is 15.4 Å². The molecule has 0 spiro atoms. The van der Waals surface area contributed by atoms with Crippen molar-refractivity contribution in [2.45, 2.75) is 33.2 Å². The normalized spacial score (nSPS) is 11.6. The van der Waals surface area contributed by atoms with E-state index in [1.165, 1.54) is 0 Å². The van der Waals surface area contributed by atoms with Crippen LogP contribution in [0.25, 0.3) is 0 Å². The van der Waals surface area contributed by atoms with Crippen LogP contribution in [0.4, 0.5) is 0 Å². The van der Waals surface area contributed by atoms with Gasteiger partial charge in [0.25, 0.3) is 0 Å². The topological polar surface area (TPSA) is 71.4 Å². The highest BCUT2D eigenvalue weighted by Gasteiger charge is 2.06. The van der Waals surface area contributed by atoms with Gasteiger partial charge in [0.1, 0.15) is 16.6 Å². The van der Waals surface area contributed by atoms with Crippen LogP contribution in [0, 0.1) is 0 Å². The molecule has 0 aliphatic heterocycles. The van der Waals surface area contributed by atoms with E-state index >= 15 is 0 Å². The Kier molecular flexibility index (Phi) is 7.94. The van der Waals surface area contributed by atoms with Gasteiger partial charge >= 0.3 is 0 Å². The van der Waals surface area contributed by atoms with E-state index in [9.17, 15) is 0 Å². The fraction of sp³-hybridized carbons (Fsp3) is 0.471. The summed E-state index contributed by atoms with van der Waals surface area (Å²) in [6.07, 6.45) is 1.65. The number of pyridine rings is 1. The molecule has 0 atom stereocenters. The molecule has 136 valence electrons. The van der Waals surface area contributed by atoms with Crippen LogP contribution in [-0.4, -0.2) is 35.6 Å². The predicted molar refractivity (Wildman–Crippen MR) is 104 cm³/mol. The number of nitrogens with one attached hydrogen (secondary N) is 2. The molecule has 0 aliphatic rings. The molecule has 2 aromatic heterocycles. The van der Waals surface area contributed by atoms with Gasteiger partial charge in [-0.25, -0.2) is 15.0 Å². The average molecular weight is 382 g/mol.